The Labute approximate surface area is 50.2 Å². The first-order valence-electron chi connectivity index (χ1n) is 2.26. The highest BCUT2D eigenvalue weighted by Crippen LogP contribution is 2.22. The number of rotatable bonds is 3. The maximum absolute atomic E-state index is 11.8. The molecule has 0 rings (SSSR count). The zero-order valence-corrected chi connectivity index (χ0v) is 4.58. The van der Waals surface area contributed by atoms with Crippen molar-refractivity contribution >= 4 is 0 Å². The Morgan fingerprint density at radius 1 is 1.56 bits per heavy atom. The van der Waals surface area contributed by atoms with Gasteiger partial charge in [0.2, 0.25) is 0 Å². The maximum Gasteiger partial charge on any atom is 0.299 e. The molecule has 4 heteroatoms. The van der Waals surface area contributed by atoms with Crippen molar-refractivity contribution in [2.75, 3.05) is 6.67 Å². The van der Waals surface area contributed by atoms with Crippen molar-refractivity contribution in [1.82, 2.24) is 0 Å². The van der Waals surface area contributed by atoms with E-state index in [0.29, 0.717) is 0 Å². The smallest absolute Gasteiger partial charge is 0.248 e. The van der Waals surface area contributed by atoms with Gasteiger partial charge in [-0.15, -0.1) is 0 Å². The Kier molecular flexibility index (Phi) is 2.67. The molecule has 0 saturated carbocycles. The lowest BCUT2D eigenvalue weighted by molar-refractivity contribution is -0.0359. The number of allylic oxidation sites excluding steroid dienone is 1. The molecule has 0 spiro atoms. The fraction of sp³-hybridized carbons (Fsp3) is 0.600. The molecule has 0 fully saturated rings. The van der Waals surface area contributed by atoms with Crippen LogP contribution in [-0.2, 0) is 0 Å². The summed E-state index contributed by atoms with van der Waals surface area (Å²) in [5, 5.41) is 0. The predicted octanol–water partition coefficient (Wildman–Crippen LogP) is 2.12. The van der Waals surface area contributed by atoms with E-state index in [0.717, 1.165) is 0 Å². The van der Waals surface area contributed by atoms with E-state index in [9.17, 15) is 17.6 Å². The maximum atomic E-state index is 11.8. The van der Waals surface area contributed by atoms with Crippen LogP contribution in [0.5, 0.6) is 0 Å². The molecule has 0 aliphatic rings. The third-order valence-corrected chi connectivity index (χ3v) is 0.825. The van der Waals surface area contributed by atoms with E-state index >= 15 is 0 Å². The molecule has 0 aliphatic heterocycles. The molecule has 0 aliphatic carbocycles. The first kappa shape index (κ1) is 8.46. The molecular weight excluding hydrogens is 136 g/mol. The summed E-state index contributed by atoms with van der Waals surface area (Å²) in [7, 11) is 0. The van der Waals surface area contributed by atoms with Crippen molar-refractivity contribution in [2.45, 2.75) is 12.1 Å². The van der Waals surface area contributed by atoms with Gasteiger partial charge in [0.05, 0.1) is 0 Å². The number of hydrogen-bond acceptors (Lipinski definition) is 0. The summed E-state index contributed by atoms with van der Waals surface area (Å²) in [6, 6.07) is 0. The van der Waals surface area contributed by atoms with Crippen molar-refractivity contribution < 1.29 is 17.6 Å². The van der Waals surface area contributed by atoms with E-state index in [4.69, 9.17) is 0 Å². The number of alkyl halides is 4. The Balaban J connectivity index is 3.95. The average molecular weight is 142 g/mol. The van der Waals surface area contributed by atoms with Gasteiger partial charge >= 0.3 is 0 Å². The average Bonchev–Trinajstić information content (AvgIpc) is 1.86. The van der Waals surface area contributed by atoms with Gasteiger partial charge in [-0.2, -0.15) is 8.78 Å². The fourth-order valence-corrected chi connectivity index (χ4v) is 0.231. The van der Waals surface area contributed by atoms with Gasteiger partial charge in [-0.1, -0.05) is 6.58 Å². The summed E-state index contributed by atoms with van der Waals surface area (Å²) >= 11 is 0. The summed E-state index contributed by atoms with van der Waals surface area (Å²) in [6.07, 6.45) is -2.66. The van der Waals surface area contributed by atoms with Crippen molar-refractivity contribution in [1.29, 1.82) is 0 Å². The molecule has 0 saturated heterocycles. The van der Waals surface area contributed by atoms with Crippen LogP contribution < -0.4 is 0 Å². The molecule has 0 aromatic rings. The first-order valence-corrected chi connectivity index (χ1v) is 2.26. The Bertz CT molecular complexity index is 99.1. The first-order chi connectivity index (χ1) is 4.04. The molecule has 0 bridgehead atoms. The van der Waals surface area contributed by atoms with Gasteiger partial charge in [-0.25, -0.2) is 8.78 Å². The van der Waals surface area contributed by atoms with Crippen molar-refractivity contribution in [3.8, 4) is 0 Å². The molecule has 9 heavy (non-hydrogen) atoms. The Morgan fingerprint density at radius 3 is 2.11 bits per heavy atom. The van der Waals surface area contributed by atoms with Crippen LogP contribution in [0.2, 0.25) is 0 Å². The summed E-state index contributed by atoms with van der Waals surface area (Å²) in [5.41, 5.74) is 0. The largest absolute Gasteiger partial charge is 0.299 e. The Hall–Kier alpha value is -0.540. The molecule has 1 atom stereocenters. The third-order valence-electron chi connectivity index (χ3n) is 0.825. The van der Waals surface area contributed by atoms with Crippen LogP contribution in [0.3, 0.4) is 0 Å². The summed E-state index contributed by atoms with van der Waals surface area (Å²) < 4.78 is 46.5. The lowest BCUT2D eigenvalue weighted by Crippen LogP contribution is -2.28. The van der Waals surface area contributed by atoms with Crippen LogP contribution in [-0.4, -0.2) is 18.8 Å². The van der Waals surface area contributed by atoms with Crippen LogP contribution in [0.15, 0.2) is 12.7 Å². The van der Waals surface area contributed by atoms with Gasteiger partial charge in [0.15, 0.2) is 6.17 Å². The molecule has 54 valence electrons. The van der Waals surface area contributed by atoms with Gasteiger partial charge in [0, 0.05) is 0 Å². The second kappa shape index (κ2) is 2.85. The topological polar surface area (TPSA) is 0 Å². The quantitative estimate of drug-likeness (QED) is 0.418. The second-order valence-electron chi connectivity index (χ2n) is 1.50. The normalized spacial score (nSPS) is 15.1. The molecule has 1 unspecified atom stereocenters. The minimum absolute atomic E-state index is 0.0945. The monoisotopic (exact) mass is 142 g/mol. The Morgan fingerprint density at radius 2 is 2.00 bits per heavy atom. The fourth-order valence-electron chi connectivity index (χ4n) is 0.231. The van der Waals surface area contributed by atoms with Gasteiger partial charge in [0.25, 0.3) is 5.92 Å². The van der Waals surface area contributed by atoms with Crippen molar-refractivity contribution in [3.63, 3.8) is 0 Å². The molecular formula is C5H6F4. The van der Waals surface area contributed by atoms with Crippen LogP contribution >= 0.6 is 0 Å². The summed E-state index contributed by atoms with van der Waals surface area (Å²) in [4.78, 5) is 0. The van der Waals surface area contributed by atoms with Crippen LogP contribution in [0, 0.1) is 0 Å². The van der Waals surface area contributed by atoms with Crippen LogP contribution in [0.1, 0.15) is 0 Å². The SMILES string of the molecule is C=CC(F)(F)C(F)CF. The lowest BCUT2D eigenvalue weighted by atomic mass is 10.2. The van der Waals surface area contributed by atoms with Crippen molar-refractivity contribution in [3.05, 3.63) is 12.7 Å². The van der Waals surface area contributed by atoms with Gasteiger partial charge < -0.3 is 0 Å². The molecule has 0 aromatic heterocycles. The predicted molar refractivity (Wildman–Crippen MR) is 26.0 cm³/mol. The third kappa shape index (κ3) is 2.03. The highest BCUT2D eigenvalue weighted by atomic mass is 19.3. The lowest BCUT2D eigenvalue weighted by Gasteiger charge is -2.12. The standard InChI is InChI=1S/C5H6F4/c1-2-5(8,9)4(7)3-6/h2,4H,1,3H2. The summed E-state index contributed by atoms with van der Waals surface area (Å²) in [6.45, 7) is 0.963. The molecule has 0 radical (unpaired) electrons. The van der Waals surface area contributed by atoms with Crippen LogP contribution in [0.25, 0.3) is 0 Å². The number of hydrogen-bond donors (Lipinski definition) is 0. The van der Waals surface area contributed by atoms with E-state index in [1.54, 1.807) is 0 Å². The van der Waals surface area contributed by atoms with E-state index in [2.05, 4.69) is 6.58 Å². The van der Waals surface area contributed by atoms with Crippen LogP contribution in [0.4, 0.5) is 17.6 Å². The minimum Gasteiger partial charge on any atom is -0.248 e. The van der Waals surface area contributed by atoms with E-state index in [1.807, 2.05) is 0 Å². The van der Waals surface area contributed by atoms with E-state index < -0.39 is 18.8 Å². The summed E-state index contributed by atoms with van der Waals surface area (Å²) in [5.74, 6) is -3.73. The van der Waals surface area contributed by atoms with Gasteiger partial charge in [-0.05, 0) is 6.08 Å². The molecule has 0 heterocycles. The minimum atomic E-state index is -3.73. The molecule has 0 aromatic carbocycles. The highest BCUT2D eigenvalue weighted by Gasteiger charge is 2.36. The molecule has 0 nitrogen and oxygen atoms in total. The zero-order valence-electron chi connectivity index (χ0n) is 4.58. The van der Waals surface area contributed by atoms with E-state index in [1.165, 1.54) is 0 Å². The highest BCUT2D eigenvalue weighted by molar-refractivity contribution is 4.92. The zero-order chi connectivity index (χ0) is 7.49. The number of halogens is 4. The van der Waals surface area contributed by atoms with Crippen molar-refractivity contribution in [2.24, 2.45) is 0 Å². The molecule has 0 amide bonds. The second-order valence-corrected chi connectivity index (χ2v) is 1.50. The molecule has 0 N–H and O–H groups in total. The van der Waals surface area contributed by atoms with Gasteiger partial charge in [0.1, 0.15) is 6.67 Å². The van der Waals surface area contributed by atoms with E-state index in [-0.39, 0.29) is 6.08 Å². The van der Waals surface area contributed by atoms with Gasteiger partial charge in [-0.3, -0.25) is 0 Å².